The number of diazo groups is 1. The summed E-state index contributed by atoms with van der Waals surface area (Å²) in [6, 6.07) is 30.1. The summed E-state index contributed by atoms with van der Waals surface area (Å²) in [5.74, 6) is -0.464. The van der Waals surface area contributed by atoms with Gasteiger partial charge >= 0.3 is 25.9 Å². The van der Waals surface area contributed by atoms with E-state index in [-0.39, 0.29) is 56.3 Å². The molecule has 1 N–H and O–H groups in total. The van der Waals surface area contributed by atoms with E-state index in [1.807, 2.05) is 48.5 Å². The highest BCUT2D eigenvalue weighted by atomic mass is 32.2. The van der Waals surface area contributed by atoms with Gasteiger partial charge in [0.1, 0.15) is 27.0 Å². The Balaban J connectivity index is 0.00000138. The van der Waals surface area contributed by atoms with Crippen LogP contribution in [0.3, 0.4) is 0 Å². The lowest BCUT2D eigenvalue weighted by molar-refractivity contribution is -0.264. The second-order valence-electron chi connectivity index (χ2n) is 11.9. The first-order valence-corrected chi connectivity index (χ1v) is 21.8. The fourth-order valence-corrected chi connectivity index (χ4v) is 8.18. The summed E-state index contributed by atoms with van der Waals surface area (Å²) in [5.41, 5.74) is 2.90. The zero-order chi connectivity index (χ0) is 42.3. The zero-order valence-corrected chi connectivity index (χ0v) is 35.2. The van der Waals surface area contributed by atoms with Crippen LogP contribution < -0.4 is 13.5 Å². The van der Waals surface area contributed by atoms with Crippen LogP contribution in [0.25, 0.3) is 15.7 Å². The molecule has 6 aromatic rings. The average Bonchev–Trinajstić information content (AvgIpc) is 3.23. The summed E-state index contributed by atoms with van der Waals surface area (Å²) in [4.78, 5) is 2.68. The van der Waals surface area contributed by atoms with Crippen LogP contribution in [0.4, 0.5) is 5.69 Å². The quantitative estimate of drug-likeness (QED) is 0.0993. The molecule has 0 heterocycles. The minimum atomic E-state index is -4.54. The van der Waals surface area contributed by atoms with E-state index in [2.05, 4.69) is 4.98 Å². The van der Waals surface area contributed by atoms with Crippen molar-refractivity contribution in [2.75, 3.05) is 0 Å². The number of hydrogen-bond donors (Lipinski definition) is 1. The highest BCUT2D eigenvalue weighted by Crippen LogP contribution is 2.39. The molecule has 0 atom stereocenters. The van der Waals surface area contributed by atoms with Crippen molar-refractivity contribution in [2.45, 2.75) is 84.4 Å². The smallest absolute Gasteiger partial charge is 0.378 e. The minimum absolute atomic E-state index is 0.00753. The molecule has 10 nitrogen and oxygen atoms in total. The molecule has 6 rings (SSSR count). The van der Waals surface area contributed by atoms with E-state index in [0.717, 1.165) is 0 Å². The number of hydrogen-bond acceptors (Lipinski definition) is 9. The minimum Gasteiger partial charge on any atom is -0.867 e. The zero-order valence-electron chi connectivity index (χ0n) is 33.6. The highest BCUT2D eigenvalue weighted by Gasteiger charge is 2.26. The Morgan fingerprint density at radius 2 is 1.09 bits per heavy atom. The summed E-state index contributed by atoms with van der Waals surface area (Å²) in [5, 5.41) is 32.9. The van der Waals surface area contributed by atoms with Gasteiger partial charge in [0.05, 0.1) is 0 Å². The SMILES string of the molecule is CC.CC.CC.CCc1cccc(Cc2cccc(Cc3cccc(C)c3O)c2OS(=O)(=O)c2ccccc2)c1OS(=O)(=O)c1cccc2c([O-])c([N+]#N)ccc12. The molecule has 0 aliphatic carbocycles. The van der Waals surface area contributed by atoms with Gasteiger partial charge in [-0.3, -0.25) is 0 Å². The largest absolute Gasteiger partial charge is 0.867 e. The van der Waals surface area contributed by atoms with Gasteiger partial charge in [0.2, 0.25) is 5.39 Å². The molecule has 0 radical (unpaired) electrons. The molecule has 0 spiro atoms. The third-order valence-electron chi connectivity index (χ3n) is 8.57. The lowest BCUT2D eigenvalue weighted by Gasteiger charge is -2.19. The molecule has 0 aliphatic heterocycles. The van der Waals surface area contributed by atoms with Crippen molar-refractivity contribution >= 4 is 36.7 Å². The van der Waals surface area contributed by atoms with Crippen molar-refractivity contribution in [1.29, 1.82) is 5.39 Å². The van der Waals surface area contributed by atoms with Gasteiger partial charge in [-0.1, -0.05) is 133 Å². The predicted molar refractivity (Wildman–Crippen MR) is 225 cm³/mol. The van der Waals surface area contributed by atoms with E-state index in [9.17, 15) is 32.4 Å². The molecule has 0 bridgehead atoms. The Bertz CT molecular complexity index is 2550. The summed E-state index contributed by atoms with van der Waals surface area (Å²) < 4.78 is 66.9. The summed E-state index contributed by atoms with van der Waals surface area (Å²) in [7, 11) is -8.86. The first-order chi connectivity index (χ1) is 27.4. The number of fused-ring (bicyclic) bond motifs is 1. The van der Waals surface area contributed by atoms with Crippen LogP contribution in [-0.2, 0) is 39.5 Å². The second kappa shape index (κ2) is 20.9. The highest BCUT2D eigenvalue weighted by molar-refractivity contribution is 7.87. The van der Waals surface area contributed by atoms with Crippen molar-refractivity contribution in [2.24, 2.45) is 0 Å². The van der Waals surface area contributed by atoms with Crippen LogP contribution in [-0.4, -0.2) is 21.9 Å². The number of phenolic OH excluding ortho intramolecular Hbond substituents is 1. The maximum absolute atomic E-state index is 14.0. The Kier molecular flexibility index (Phi) is 16.6. The van der Waals surface area contributed by atoms with Crippen molar-refractivity contribution in [3.05, 3.63) is 154 Å². The van der Waals surface area contributed by atoms with Gasteiger partial charge in [-0.15, -0.1) is 0 Å². The van der Waals surface area contributed by atoms with Gasteiger partial charge in [-0.05, 0) is 65.4 Å². The Labute approximate surface area is 337 Å². The third-order valence-corrected chi connectivity index (χ3v) is 11.1. The van der Waals surface area contributed by atoms with Crippen LogP contribution in [0.15, 0.2) is 125 Å². The summed E-state index contributed by atoms with van der Waals surface area (Å²) in [6.07, 6.45) is 0.550. The molecule has 57 heavy (non-hydrogen) atoms. The Morgan fingerprint density at radius 1 is 0.596 bits per heavy atom. The van der Waals surface area contributed by atoms with E-state index >= 15 is 0 Å². The summed E-state index contributed by atoms with van der Waals surface area (Å²) >= 11 is 0. The molecule has 0 aromatic heterocycles. The van der Waals surface area contributed by atoms with E-state index in [0.29, 0.717) is 39.8 Å². The average molecular weight is 811 g/mol. The molecule has 0 saturated heterocycles. The molecule has 0 amide bonds. The molecule has 0 aliphatic rings. The number of nitrogens with zero attached hydrogens (tertiary/aromatic N) is 2. The van der Waals surface area contributed by atoms with E-state index in [1.54, 1.807) is 79.7 Å². The Hall–Kier alpha value is -5.90. The monoisotopic (exact) mass is 810 g/mol. The van der Waals surface area contributed by atoms with Crippen LogP contribution in [0.2, 0.25) is 0 Å². The summed E-state index contributed by atoms with van der Waals surface area (Å²) in [6.45, 7) is 15.6. The lowest BCUT2D eigenvalue weighted by atomic mass is 9.95. The standard InChI is InChI=1S/C39H32N2O8S2.3C2H6/c1-3-26-12-8-14-29(38(26)49-51(46,47)35-20-10-19-33-32(35)21-22-34(41-40)37(33)43)24-30-16-9-15-28(23-27-13-7-11-25(2)36(27)42)39(30)48-50(44,45)31-17-5-4-6-18-31;3*1-2/h4-22H,3,23-24H2,1-2H3,(H-,42,43);3*1-2H3. The number of para-hydroxylation sites is 3. The molecule has 6 aromatic carbocycles. The van der Waals surface area contributed by atoms with Crippen LogP contribution >= 0.6 is 0 Å². The molecule has 12 heteroatoms. The first-order valence-electron chi connectivity index (χ1n) is 18.9. The molecular formula is C45H50N2O8S2. The number of aromatic hydroxyl groups is 1. The molecule has 0 saturated carbocycles. The molecule has 300 valence electrons. The fourth-order valence-electron chi connectivity index (χ4n) is 5.95. The third kappa shape index (κ3) is 10.5. The lowest BCUT2D eigenvalue weighted by Crippen LogP contribution is -2.14. The van der Waals surface area contributed by atoms with Crippen LogP contribution in [0.1, 0.15) is 81.8 Å². The maximum Gasteiger partial charge on any atom is 0.378 e. The van der Waals surface area contributed by atoms with E-state index in [1.165, 1.54) is 42.5 Å². The van der Waals surface area contributed by atoms with Gasteiger partial charge in [0, 0.05) is 41.0 Å². The topological polar surface area (TPSA) is 158 Å². The van der Waals surface area contributed by atoms with Crippen molar-refractivity contribution in [3.63, 3.8) is 0 Å². The second-order valence-corrected chi connectivity index (χ2v) is 14.9. The van der Waals surface area contributed by atoms with Gasteiger partial charge in [0.25, 0.3) is 0 Å². The number of rotatable bonds is 11. The Morgan fingerprint density at radius 3 is 1.67 bits per heavy atom. The van der Waals surface area contributed by atoms with Crippen LogP contribution in [0.5, 0.6) is 23.0 Å². The van der Waals surface area contributed by atoms with Crippen LogP contribution in [0, 0.1) is 12.3 Å². The maximum atomic E-state index is 14.0. The number of phenols is 1. The van der Waals surface area contributed by atoms with Gasteiger partial charge in [-0.25, -0.2) is 0 Å². The number of benzene rings is 6. The van der Waals surface area contributed by atoms with Gasteiger partial charge in [0.15, 0.2) is 4.98 Å². The fraction of sp³-hybridized carbons (Fsp3) is 0.244. The molecule has 0 fully saturated rings. The first kappa shape index (κ1) is 45.5. The number of aryl methyl sites for hydroxylation is 2. The van der Waals surface area contributed by atoms with Gasteiger partial charge in [-0.2, -0.15) is 16.8 Å². The van der Waals surface area contributed by atoms with Crippen molar-refractivity contribution in [1.82, 2.24) is 0 Å². The predicted octanol–water partition coefficient (Wildman–Crippen LogP) is 10.8. The van der Waals surface area contributed by atoms with Gasteiger partial charge < -0.3 is 18.6 Å². The normalized spacial score (nSPS) is 10.7. The van der Waals surface area contributed by atoms with Crippen molar-refractivity contribution < 1.29 is 35.4 Å². The molecular weight excluding hydrogens is 761 g/mol. The molecule has 0 unspecified atom stereocenters. The van der Waals surface area contributed by atoms with E-state index in [4.69, 9.17) is 8.37 Å². The van der Waals surface area contributed by atoms with E-state index < -0.39 is 26.0 Å². The van der Waals surface area contributed by atoms with Crippen molar-refractivity contribution in [3.8, 4) is 23.0 Å².